The van der Waals surface area contributed by atoms with Crippen molar-refractivity contribution >= 4 is 0 Å². The molecule has 0 aromatic heterocycles. The summed E-state index contributed by atoms with van der Waals surface area (Å²) in [5.41, 5.74) is 4.04. The molecule has 0 saturated carbocycles. The molecule has 0 amide bonds. The average Bonchev–Trinajstić information content (AvgIpc) is 3.00. The van der Waals surface area contributed by atoms with E-state index in [2.05, 4.69) is 5.43 Å². The van der Waals surface area contributed by atoms with E-state index >= 15 is 0 Å². The number of hydrogen-bond acceptors (Lipinski definition) is 5. The van der Waals surface area contributed by atoms with Crippen LogP contribution in [0.1, 0.15) is 38.3 Å². The third-order valence-electron chi connectivity index (χ3n) is 3.76. The van der Waals surface area contributed by atoms with Crippen molar-refractivity contribution in [1.29, 1.82) is 0 Å². The summed E-state index contributed by atoms with van der Waals surface area (Å²) in [6, 6.07) is 6.13. The van der Waals surface area contributed by atoms with Gasteiger partial charge in [-0.05, 0) is 50.3 Å². The molecule has 3 N–H and O–H groups in total. The van der Waals surface area contributed by atoms with Gasteiger partial charge < -0.3 is 14.2 Å². The molecule has 2 rings (SSSR count). The van der Waals surface area contributed by atoms with E-state index in [1.54, 1.807) is 0 Å². The van der Waals surface area contributed by atoms with Gasteiger partial charge in [0.2, 0.25) is 0 Å². The van der Waals surface area contributed by atoms with Crippen LogP contribution in [0.4, 0.5) is 0 Å². The van der Waals surface area contributed by atoms with E-state index in [0.29, 0.717) is 19.1 Å². The van der Waals surface area contributed by atoms with Gasteiger partial charge in [0.1, 0.15) is 0 Å². The second kappa shape index (κ2) is 8.22. The lowest BCUT2D eigenvalue weighted by atomic mass is 9.94. The largest absolute Gasteiger partial charge is 0.490 e. The van der Waals surface area contributed by atoms with E-state index in [9.17, 15) is 0 Å². The first-order valence-electron chi connectivity index (χ1n) is 7.71. The van der Waals surface area contributed by atoms with Crippen LogP contribution in [0.15, 0.2) is 18.2 Å². The topological polar surface area (TPSA) is 65.7 Å². The van der Waals surface area contributed by atoms with Crippen LogP contribution < -0.4 is 20.7 Å². The summed E-state index contributed by atoms with van der Waals surface area (Å²) in [6.45, 7) is 6.85. The number of hydrogen-bond donors (Lipinski definition) is 2. The van der Waals surface area contributed by atoms with Crippen molar-refractivity contribution in [2.75, 3.05) is 26.4 Å². The predicted octanol–water partition coefficient (Wildman–Crippen LogP) is 2.42. The zero-order valence-electron chi connectivity index (χ0n) is 12.9. The van der Waals surface area contributed by atoms with Crippen LogP contribution in [0.25, 0.3) is 0 Å². The van der Waals surface area contributed by atoms with Crippen LogP contribution in [0.3, 0.4) is 0 Å². The van der Waals surface area contributed by atoms with Gasteiger partial charge in [-0.3, -0.25) is 11.3 Å². The minimum absolute atomic E-state index is 0.103. The molecule has 1 heterocycles. The Morgan fingerprint density at radius 1 is 1.29 bits per heavy atom. The quantitative estimate of drug-likeness (QED) is 0.569. The molecule has 5 heteroatoms. The van der Waals surface area contributed by atoms with Gasteiger partial charge in [-0.1, -0.05) is 6.07 Å². The summed E-state index contributed by atoms with van der Waals surface area (Å²) in [7, 11) is 0. The van der Waals surface area contributed by atoms with Crippen molar-refractivity contribution in [2.24, 2.45) is 11.8 Å². The molecule has 118 valence electrons. The Kier molecular flexibility index (Phi) is 6.29. The number of rotatable bonds is 8. The smallest absolute Gasteiger partial charge is 0.161 e. The lowest BCUT2D eigenvalue weighted by Gasteiger charge is -2.21. The maximum Gasteiger partial charge on any atom is 0.161 e. The third kappa shape index (κ3) is 4.33. The highest BCUT2D eigenvalue weighted by molar-refractivity contribution is 5.44. The molecule has 2 atom stereocenters. The molecule has 5 nitrogen and oxygen atoms in total. The summed E-state index contributed by atoms with van der Waals surface area (Å²) in [6.07, 6.45) is 2.07. The highest BCUT2D eigenvalue weighted by atomic mass is 16.5. The summed E-state index contributed by atoms with van der Waals surface area (Å²) in [5.74, 6) is 7.86. The molecular weight excluding hydrogens is 268 g/mol. The Morgan fingerprint density at radius 2 is 2.05 bits per heavy atom. The fraction of sp³-hybridized carbons (Fsp3) is 0.625. The van der Waals surface area contributed by atoms with Gasteiger partial charge in [0.15, 0.2) is 11.5 Å². The Labute approximate surface area is 126 Å². The standard InChI is InChI=1S/C16H26N2O3/c1-3-20-15-6-5-13(10-16(15)21-4-2)14(18-17)9-12-7-8-19-11-12/h5-6,10,12,14,18H,3-4,7-9,11,17H2,1-2H3. The zero-order chi connectivity index (χ0) is 15.1. The highest BCUT2D eigenvalue weighted by Gasteiger charge is 2.22. The molecule has 2 unspecified atom stereocenters. The number of nitrogens with two attached hydrogens (primary N) is 1. The van der Waals surface area contributed by atoms with Crippen LogP contribution in [-0.4, -0.2) is 26.4 Å². The Hall–Kier alpha value is -1.30. The van der Waals surface area contributed by atoms with Crippen molar-refractivity contribution in [3.63, 3.8) is 0 Å². The zero-order valence-corrected chi connectivity index (χ0v) is 12.9. The van der Waals surface area contributed by atoms with E-state index in [1.807, 2.05) is 32.0 Å². The van der Waals surface area contributed by atoms with Crippen LogP contribution in [-0.2, 0) is 4.74 Å². The van der Waals surface area contributed by atoms with Gasteiger partial charge in [-0.2, -0.15) is 0 Å². The number of ether oxygens (including phenoxy) is 3. The minimum Gasteiger partial charge on any atom is -0.490 e. The molecule has 0 aliphatic carbocycles. The summed E-state index contributed by atoms with van der Waals surface area (Å²) in [4.78, 5) is 0. The first-order chi connectivity index (χ1) is 10.3. The Balaban J connectivity index is 2.13. The molecule has 1 aromatic rings. The van der Waals surface area contributed by atoms with E-state index in [-0.39, 0.29) is 6.04 Å². The van der Waals surface area contributed by atoms with Gasteiger partial charge in [0.25, 0.3) is 0 Å². The molecule has 1 aliphatic rings. The number of nitrogens with one attached hydrogen (secondary N) is 1. The molecule has 21 heavy (non-hydrogen) atoms. The normalized spacial score (nSPS) is 19.5. The lowest BCUT2D eigenvalue weighted by molar-refractivity contribution is 0.181. The van der Waals surface area contributed by atoms with Crippen molar-refractivity contribution in [1.82, 2.24) is 5.43 Å². The van der Waals surface area contributed by atoms with Crippen LogP contribution in [0.5, 0.6) is 11.5 Å². The van der Waals surface area contributed by atoms with Gasteiger partial charge in [0, 0.05) is 19.3 Å². The van der Waals surface area contributed by atoms with E-state index in [4.69, 9.17) is 20.1 Å². The molecular formula is C16H26N2O3. The fourth-order valence-corrected chi connectivity index (χ4v) is 2.69. The molecule has 1 aromatic carbocycles. The van der Waals surface area contributed by atoms with E-state index in [0.717, 1.165) is 43.1 Å². The summed E-state index contributed by atoms with van der Waals surface area (Å²) in [5, 5.41) is 0. The molecule has 0 spiro atoms. The molecule has 1 aliphatic heterocycles. The first-order valence-corrected chi connectivity index (χ1v) is 7.71. The maximum absolute atomic E-state index is 5.74. The van der Waals surface area contributed by atoms with Crippen LogP contribution in [0.2, 0.25) is 0 Å². The van der Waals surface area contributed by atoms with E-state index in [1.165, 1.54) is 0 Å². The lowest BCUT2D eigenvalue weighted by Crippen LogP contribution is -2.29. The monoisotopic (exact) mass is 294 g/mol. The van der Waals surface area contributed by atoms with Gasteiger partial charge >= 0.3 is 0 Å². The van der Waals surface area contributed by atoms with Crippen molar-refractivity contribution in [3.05, 3.63) is 23.8 Å². The molecule has 0 bridgehead atoms. The Morgan fingerprint density at radius 3 is 2.67 bits per heavy atom. The predicted molar refractivity (Wildman–Crippen MR) is 82.4 cm³/mol. The molecule has 1 saturated heterocycles. The summed E-state index contributed by atoms with van der Waals surface area (Å²) < 4.78 is 16.7. The van der Waals surface area contributed by atoms with Gasteiger partial charge in [-0.15, -0.1) is 0 Å². The highest BCUT2D eigenvalue weighted by Crippen LogP contribution is 2.33. The second-order valence-corrected chi connectivity index (χ2v) is 5.26. The first kappa shape index (κ1) is 16.1. The maximum atomic E-state index is 5.74. The number of hydrazine groups is 1. The molecule has 0 radical (unpaired) electrons. The fourth-order valence-electron chi connectivity index (χ4n) is 2.69. The third-order valence-corrected chi connectivity index (χ3v) is 3.76. The average molecular weight is 294 g/mol. The van der Waals surface area contributed by atoms with Crippen molar-refractivity contribution in [3.8, 4) is 11.5 Å². The van der Waals surface area contributed by atoms with Gasteiger partial charge in [-0.25, -0.2) is 0 Å². The minimum atomic E-state index is 0.103. The Bertz CT molecular complexity index is 434. The second-order valence-electron chi connectivity index (χ2n) is 5.26. The van der Waals surface area contributed by atoms with Crippen LogP contribution >= 0.6 is 0 Å². The molecule has 1 fully saturated rings. The van der Waals surface area contributed by atoms with Crippen LogP contribution in [0, 0.1) is 5.92 Å². The number of benzene rings is 1. The SMILES string of the molecule is CCOc1ccc(C(CC2CCOC2)NN)cc1OCC. The van der Waals surface area contributed by atoms with Crippen molar-refractivity contribution < 1.29 is 14.2 Å². The van der Waals surface area contributed by atoms with Crippen molar-refractivity contribution in [2.45, 2.75) is 32.7 Å². The van der Waals surface area contributed by atoms with Gasteiger partial charge in [0.05, 0.1) is 13.2 Å². The van der Waals surface area contributed by atoms with E-state index < -0.39 is 0 Å². The summed E-state index contributed by atoms with van der Waals surface area (Å²) >= 11 is 0.